The Labute approximate surface area is 190 Å². The Morgan fingerprint density at radius 2 is 1.39 bits per heavy atom. The van der Waals surface area contributed by atoms with Crippen LogP contribution in [0.15, 0.2) is 98.1 Å². The number of fused-ring (bicyclic) bond motifs is 1. The number of phenols is 1. The van der Waals surface area contributed by atoms with E-state index in [4.69, 9.17) is 0 Å². The molecule has 0 heterocycles. The average Bonchev–Trinajstić information content (AvgIpc) is 2.78. The van der Waals surface area contributed by atoms with Crippen LogP contribution in [0.4, 0.5) is 22.7 Å². The minimum Gasteiger partial charge on any atom is -0.505 e. The number of azo groups is 2. The van der Waals surface area contributed by atoms with Crippen LogP contribution in [0.25, 0.3) is 10.8 Å². The maximum absolute atomic E-state index is 12.0. The highest BCUT2D eigenvalue weighted by Gasteiger charge is 2.19. The lowest BCUT2D eigenvalue weighted by Gasteiger charge is -2.09. The van der Waals surface area contributed by atoms with Gasteiger partial charge in [-0.05, 0) is 60.7 Å². The van der Waals surface area contributed by atoms with Gasteiger partial charge in [-0.1, -0.05) is 42.5 Å². The van der Waals surface area contributed by atoms with Crippen molar-refractivity contribution >= 4 is 43.6 Å². The smallest absolute Gasteiger partial charge is 0.296 e. The Balaban J connectivity index is 1.78. The van der Waals surface area contributed by atoms with Crippen molar-refractivity contribution in [2.75, 3.05) is 0 Å². The molecule has 33 heavy (non-hydrogen) atoms. The third kappa shape index (κ3) is 4.79. The largest absolute Gasteiger partial charge is 0.505 e. The third-order valence-electron chi connectivity index (χ3n) is 5.03. The minimum absolute atomic E-state index is 0.0623. The van der Waals surface area contributed by atoms with E-state index in [-0.39, 0.29) is 22.8 Å². The molecule has 0 amide bonds. The molecule has 0 aromatic heterocycles. The molecule has 0 bridgehead atoms. The van der Waals surface area contributed by atoms with Gasteiger partial charge < -0.3 is 5.11 Å². The second kappa shape index (κ2) is 8.89. The second-order valence-corrected chi connectivity index (χ2v) is 8.82. The van der Waals surface area contributed by atoms with Crippen LogP contribution >= 0.6 is 0 Å². The fourth-order valence-corrected chi connectivity index (χ4v) is 3.97. The summed E-state index contributed by atoms with van der Waals surface area (Å²) in [6.07, 6.45) is 0. The first kappa shape index (κ1) is 22.3. The molecule has 4 rings (SSSR count). The predicted molar refractivity (Wildman–Crippen MR) is 126 cm³/mol. The molecule has 9 heteroatoms. The van der Waals surface area contributed by atoms with Crippen molar-refractivity contribution in [1.29, 1.82) is 0 Å². The van der Waals surface area contributed by atoms with E-state index in [0.29, 0.717) is 22.2 Å². The van der Waals surface area contributed by atoms with E-state index >= 15 is 0 Å². The van der Waals surface area contributed by atoms with Crippen LogP contribution in [0.3, 0.4) is 0 Å². The zero-order valence-electron chi connectivity index (χ0n) is 17.8. The molecule has 0 unspecified atom stereocenters. The van der Waals surface area contributed by atoms with Crippen molar-refractivity contribution in [1.82, 2.24) is 0 Å². The summed E-state index contributed by atoms with van der Waals surface area (Å²) in [7, 11) is -4.63. The van der Waals surface area contributed by atoms with E-state index in [1.807, 2.05) is 24.3 Å². The van der Waals surface area contributed by atoms with Crippen molar-refractivity contribution in [3.05, 3.63) is 83.9 Å². The number of phenolic OH excluding ortho intramolecular Hbond substituents is 1. The Morgan fingerprint density at radius 1 is 0.727 bits per heavy atom. The SMILES string of the molecule is Cc1cc(N=Nc2c(C)cc3ccccc3c2O)c(S(=O)(=O)O)cc1N=Nc1ccccc1. The van der Waals surface area contributed by atoms with Gasteiger partial charge in [0.25, 0.3) is 10.1 Å². The summed E-state index contributed by atoms with van der Waals surface area (Å²) in [4.78, 5) is -0.461. The van der Waals surface area contributed by atoms with Crippen molar-refractivity contribution in [2.45, 2.75) is 18.7 Å². The van der Waals surface area contributed by atoms with Gasteiger partial charge in [0.1, 0.15) is 16.3 Å². The molecule has 8 nitrogen and oxygen atoms in total. The number of aryl methyl sites for hydroxylation is 2. The highest BCUT2D eigenvalue weighted by Crippen LogP contribution is 2.40. The van der Waals surface area contributed by atoms with Crippen molar-refractivity contribution < 1.29 is 18.1 Å². The molecule has 0 spiro atoms. The lowest BCUT2D eigenvalue weighted by atomic mass is 10.0. The molecule has 0 fully saturated rings. The number of hydrogen-bond acceptors (Lipinski definition) is 7. The lowest BCUT2D eigenvalue weighted by molar-refractivity contribution is 0.482. The van der Waals surface area contributed by atoms with Crippen LogP contribution in [0, 0.1) is 13.8 Å². The van der Waals surface area contributed by atoms with Gasteiger partial charge in [0.15, 0.2) is 5.75 Å². The van der Waals surface area contributed by atoms with Gasteiger partial charge in [0, 0.05) is 5.39 Å². The quantitative estimate of drug-likeness (QED) is 0.240. The van der Waals surface area contributed by atoms with Crippen molar-refractivity contribution in [3.8, 4) is 5.75 Å². The molecule has 4 aromatic rings. The van der Waals surface area contributed by atoms with Gasteiger partial charge in [0.05, 0.1) is 11.4 Å². The Kier molecular flexibility index (Phi) is 5.99. The Hall–Kier alpha value is -3.95. The number of hydrogen-bond donors (Lipinski definition) is 2. The molecule has 0 radical (unpaired) electrons. The first-order valence-corrected chi connectivity index (χ1v) is 11.4. The molecule has 0 saturated heterocycles. The van der Waals surface area contributed by atoms with Gasteiger partial charge in [-0.2, -0.15) is 18.6 Å². The van der Waals surface area contributed by atoms with Crippen LogP contribution in [0.5, 0.6) is 5.75 Å². The Bertz CT molecular complexity index is 1520. The summed E-state index contributed by atoms with van der Waals surface area (Å²) >= 11 is 0. The minimum atomic E-state index is -4.63. The van der Waals surface area contributed by atoms with Gasteiger partial charge in [0.2, 0.25) is 0 Å². The van der Waals surface area contributed by atoms with Gasteiger partial charge in [-0.25, -0.2) is 0 Å². The van der Waals surface area contributed by atoms with Gasteiger partial charge >= 0.3 is 0 Å². The number of rotatable bonds is 5. The fourth-order valence-electron chi connectivity index (χ4n) is 3.35. The van der Waals surface area contributed by atoms with E-state index in [0.717, 1.165) is 5.39 Å². The lowest BCUT2D eigenvalue weighted by Crippen LogP contribution is -1.98. The summed E-state index contributed by atoms with van der Waals surface area (Å²) in [5.74, 6) is -0.0623. The highest BCUT2D eigenvalue weighted by atomic mass is 32.2. The predicted octanol–water partition coefficient (Wildman–Crippen LogP) is 7.24. The van der Waals surface area contributed by atoms with Crippen LogP contribution in [0.1, 0.15) is 11.1 Å². The summed E-state index contributed by atoms with van der Waals surface area (Å²) < 4.78 is 33.9. The molecule has 4 aromatic carbocycles. The normalized spacial score (nSPS) is 12.2. The molecule has 0 saturated carbocycles. The van der Waals surface area contributed by atoms with Crippen LogP contribution in [-0.2, 0) is 10.1 Å². The fraction of sp³-hybridized carbons (Fsp3) is 0.0833. The molecule has 2 N–H and O–H groups in total. The summed E-state index contributed by atoms with van der Waals surface area (Å²) in [5.41, 5.74) is 2.22. The summed E-state index contributed by atoms with van der Waals surface area (Å²) in [6, 6.07) is 20.7. The van der Waals surface area contributed by atoms with Gasteiger partial charge in [-0.15, -0.1) is 10.2 Å². The zero-order valence-corrected chi connectivity index (χ0v) is 18.7. The monoisotopic (exact) mass is 460 g/mol. The molecule has 166 valence electrons. The zero-order chi connectivity index (χ0) is 23.6. The van der Waals surface area contributed by atoms with E-state index < -0.39 is 15.0 Å². The number of benzene rings is 4. The maximum Gasteiger partial charge on any atom is 0.296 e. The second-order valence-electron chi connectivity index (χ2n) is 7.43. The summed E-state index contributed by atoms with van der Waals surface area (Å²) in [5, 5.41) is 28.5. The highest BCUT2D eigenvalue weighted by molar-refractivity contribution is 7.86. The average molecular weight is 461 g/mol. The third-order valence-corrected chi connectivity index (χ3v) is 5.91. The van der Waals surface area contributed by atoms with E-state index in [1.165, 1.54) is 12.1 Å². The Morgan fingerprint density at radius 3 is 2.12 bits per heavy atom. The van der Waals surface area contributed by atoms with Crippen molar-refractivity contribution in [2.24, 2.45) is 20.5 Å². The molecule has 0 aliphatic carbocycles. The van der Waals surface area contributed by atoms with Crippen LogP contribution < -0.4 is 0 Å². The first-order valence-electron chi connectivity index (χ1n) is 9.96. The van der Waals surface area contributed by atoms with Crippen LogP contribution in [0.2, 0.25) is 0 Å². The van der Waals surface area contributed by atoms with Gasteiger partial charge in [-0.3, -0.25) is 4.55 Å². The molecule has 0 atom stereocenters. The first-order chi connectivity index (χ1) is 15.7. The molecule has 0 aliphatic rings. The van der Waals surface area contributed by atoms with E-state index in [9.17, 15) is 18.1 Å². The van der Waals surface area contributed by atoms with E-state index in [2.05, 4.69) is 20.5 Å². The van der Waals surface area contributed by atoms with Crippen LogP contribution in [-0.4, -0.2) is 18.1 Å². The maximum atomic E-state index is 12.0. The summed E-state index contributed by atoms with van der Waals surface area (Å²) in [6.45, 7) is 3.48. The van der Waals surface area contributed by atoms with E-state index in [1.54, 1.807) is 50.2 Å². The molecule has 0 aliphatic heterocycles. The molecular weight excluding hydrogens is 440 g/mol. The van der Waals surface area contributed by atoms with Crippen molar-refractivity contribution in [3.63, 3.8) is 0 Å². The number of aromatic hydroxyl groups is 1. The topological polar surface area (TPSA) is 124 Å². The number of nitrogens with zero attached hydrogens (tertiary/aromatic N) is 4. The standard InChI is InChI=1S/C24H20N4O4S/c1-15-13-21(27-28-23-16(2)12-17-8-6-7-11-19(17)24(23)29)22(33(30,31)32)14-20(15)26-25-18-9-4-3-5-10-18/h3-14,29H,1-2H3,(H,30,31,32). The molecular formula is C24H20N4O4S.